The standard InChI is InChI=1S/C20H32O5/c1-13-15(6-5-14(12-22)7-10-21)19(2)8-4-9-20(3,18(24)25)17(19)11-16(13)23/h7,15-17,21-23H,1,4-6,8-12H2,2-3H3,(H,24,25)/b14-7+/t15?,16?,17?,19-,20+/m1/s1. The molecule has 0 amide bonds. The second-order valence-corrected chi connectivity index (χ2v) is 8.26. The summed E-state index contributed by atoms with van der Waals surface area (Å²) >= 11 is 0. The third-order valence-electron chi connectivity index (χ3n) is 6.93. The number of rotatable bonds is 6. The highest BCUT2D eigenvalue weighted by atomic mass is 16.4. The van der Waals surface area contributed by atoms with Crippen molar-refractivity contribution >= 4 is 5.97 Å². The van der Waals surface area contributed by atoms with Crippen molar-refractivity contribution in [1.82, 2.24) is 0 Å². The van der Waals surface area contributed by atoms with E-state index in [0.717, 1.165) is 24.0 Å². The molecule has 0 radical (unpaired) electrons. The lowest BCUT2D eigenvalue weighted by molar-refractivity contribution is -0.167. The van der Waals surface area contributed by atoms with E-state index in [1.807, 2.05) is 6.92 Å². The van der Waals surface area contributed by atoms with Gasteiger partial charge in [0, 0.05) is 0 Å². The quantitative estimate of drug-likeness (QED) is 0.551. The van der Waals surface area contributed by atoms with Gasteiger partial charge >= 0.3 is 5.97 Å². The first-order valence-electron chi connectivity index (χ1n) is 9.20. The molecule has 3 unspecified atom stereocenters. The average Bonchev–Trinajstić information content (AvgIpc) is 2.56. The second-order valence-electron chi connectivity index (χ2n) is 8.26. The van der Waals surface area contributed by atoms with Crippen LogP contribution in [0.15, 0.2) is 23.8 Å². The van der Waals surface area contributed by atoms with Gasteiger partial charge in [-0.25, -0.2) is 0 Å². The molecule has 0 heterocycles. The first-order chi connectivity index (χ1) is 11.7. The molecule has 5 heteroatoms. The molecule has 4 N–H and O–H groups in total. The van der Waals surface area contributed by atoms with E-state index in [4.69, 9.17) is 5.11 Å². The van der Waals surface area contributed by atoms with Crippen molar-refractivity contribution in [3.63, 3.8) is 0 Å². The van der Waals surface area contributed by atoms with Crippen molar-refractivity contribution in [2.24, 2.45) is 22.7 Å². The van der Waals surface area contributed by atoms with Gasteiger partial charge in [-0.05, 0) is 67.4 Å². The van der Waals surface area contributed by atoms with Crippen molar-refractivity contribution in [2.75, 3.05) is 13.2 Å². The van der Waals surface area contributed by atoms with Crippen LogP contribution in [0, 0.1) is 22.7 Å². The first kappa shape index (κ1) is 20.1. The summed E-state index contributed by atoms with van der Waals surface area (Å²) < 4.78 is 0. The molecule has 2 rings (SSSR count). The van der Waals surface area contributed by atoms with Gasteiger partial charge in [0.05, 0.1) is 24.7 Å². The summed E-state index contributed by atoms with van der Waals surface area (Å²) in [4.78, 5) is 12.0. The Bertz CT molecular complexity index is 554. The Hall–Kier alpha value is -1.17. The van der Waals surface area contributed by atoms with Crippen LogP contribution >= 0.6 is 0 Å². The molecule has 0 aromatic carbocycles. The van der Waals surface area contributed by atoms with Crippen LogP contribution in [0.4, 0.5) is 0 Å². The predicted molar refractivity (Wildman–Crippen MR) is 95.9 cm³/mol. The third kappa shape index (κ3) is 3.55. The molecule has 5 nitrogen and oxygen atoms in total. The Balaban J connectivity index is 2.32. The topological polar surface area (TPSA) is 98.0 Å². The van der Waals surface area contributed by atoms with Crippen LogP contribution in [0.3, 0.4) is 0 Å². The molecule has 0 aromatic heterocycles. The maximum absolute atomic E-state index is 12.0. The summed E-state index contributed by atoms with van der Waals surface area (Å²) in [5.41, 5.74) is 0.511. The minimum Gasteiger partial charge on any atom is -0.481 e. The molecule has 2 aliphatic rings. The number of hydrogen-bond acceptors (Lipinski definition) is 4. The number of aliphatic carboxylic acids is 1. The lowest BCUT2D eigenvalue weighted by Crippen LogP contribution is -2.56. The summed E-state index contributed by atoms with van der Waals surface area (Å²) in [7, 11) is 0. The second kappa shape index (κ2) is 7.60. The Morgan fingerprint density at radius 1 is 1.32 bits per heavy atom. The SMILES string of the molecule is C=C1C(O)CC2[C@](C)(CCC[C@]2(C)C(=O)O)C1CC/C(=C\CO)CO. The maximum atomic E-state index is 12.0. The summed E-state index contributed by atoms with van der Waals surface area (Å²) in [5, 5.41) is 38.9. The fourth-order valence-electron chi connectivity index (χ4n) is 5.37. The zero-order valence-corrected chi connectivity index (χ0v) is 15.4. The zero-order valence-electron chi connectivity index (χ0n) is 15.4. The summed E-state index contributed by atoms with van der Waals surface area (Å²) in [6, 6.07) is 0. The molecule has 0 spiro atoms. The highest BCUT2D eigenvalue weighted by molar-refractivity contribution is 5.75. The average molecular weight is 352 g/mol. The van der Waals surface area contributed by atoms with E-state index in [9.17, 15) is 20.1 Å². The molecule has 2 aliphatic carbocycles. The van der Waals surface area contributed by atoms with E-state index >= 15 is 0 Å². The van der Waals surface area contributed by atoms with E-state index in [1.165, 1.54) is 0 Å². The van der Waals surface area contributed by atoms with Crippen molar-refractivity contribution in [2.45, 2.75) is 58.5 Å². The van der Waals surface area contributed by atoms with Crippen LogP contribution in [0.1, 0.15) is 52.4 Å². The molecular formula is C20H32O5. The van der Waals surface area contributed by atoms with E-state index in [1.54, 1.807) is 6.08 Å². The Morgan fingerprint density at radius 3 is 2.56 bits per heavy atom. The van der Waals surface area contributed by atoms with Crippen molar-refractivity contribution < 1.29 is 25.2 Å². The Kier molecular flexibility index (Phi) is 6.13. The molecule has 0 aromatic rings. The highest BCUT2D eigenvalue weighted by Gasteiger charge is 2.59. The van der Waals surface area contributed by atoms with E-state index in [2.05, 4.69) is 13.5 Å². The molecule has 0 bridgehead atoms. The van der Waals surface area contributed by atoms with Gasteiger partial charge in [-0.15, -0.1) is 0 Å². The number of fused-ring (bicyclic) bond motifs is 1. The minimum atomic E-state index is -0.826. The summed E-state index contributed by atoms with van der Waals surface area (Å²) in [5.74, 6) is -0.872. The smallest absolute Gasteiger partial charge is 0.309 e. The molecule has 0 saturated heterocycles. The van der Waals surface area contributed by atoms with Gasteiger partial charge in [-0.1, -0.05) is 26.0 Å². The van der Waals surface area contributed by atoms with Gasteiger partial charge in [0.25, 0.3) is 0 Å². The van der Waals surface area contributed by atoms with Crippen LogP contribution < -0.4 is 0 Å². The van der Waals surface area contributed by atoms with Gasteiger partial charge in [-0.3, -0.25) is 4.79 Å². The fraction of sp³-hybridized carbons (Fsp3) is 0.750. The van der Waals surface area contributed by atoms with Gasteiger partial charge in [0.2, 0.25) is 0 Å². The minimum absolute atomic E-state index is 0.00821. The van der Waals surface area contributed by atoms with Crippen LogP contribution in [0.5, 0.6) is 0 Å². The number of aliphatic hydroxyl groups excluding tert-OH is 3. The summed E-state index contributed by atoms with van der Waals surface area (Å²) in [6.07, 6.45) is 5.12. The number of carbonyl (C=O) groups is 1. The largest absolute Gasteiger partial charge is 0.481 e. The Labute approximate surface area is 150 Å². The van der Waals surface area contributed by atoms with Crippen LogP contribution in [0.25, 0.3) is 0 Å². The van der Waals surface area contributed by atoms with Gasteiger partial charge in [-0.2, -0.15) is 0 Å². The van der Waals surface area contributed by atoms with Crippen LogP contribution in [0.2, 0.25) is 0 Å². The number of carboxylic acid groups (broad SMARTS) is 1. The van der Waals surface area contributed by atoms with Gasteiger partial charge in [0.15, 0.2) is 0 Å². The van der Waals surface area contributed by atoms with Crippen molar-refractivity contribution in [1.29, 1.82) is 0 Å². The maximum Gasteiger partial charge on any atom is 0.309 e. The zero-order chi connectivity index (χ0) is 18.8. The van der Waals surface area contributed by atoms with Gasteiger partial charge < -0.3 is 20.4 Å². The molecule has 142 valence electrons. The van der Waals surface area contributed by atoms with Gasteiger partial charge in [0.1, 0.15) is 0 Å². The predicted octanol–water partition coefficient (Wildman–Crippen LogP) is 2.51. The lowest BCUT2D eigenvalue weighted by atomic mass is 9.46. The molecule has 5 atom stereocenters. The van der Waals surface area contributed by atoms with Crippen molar-refractivity contribution in [3.8, 4) is 0 Å². The van der Waals surface area contributed by atoms with Crippen molar-refractivity contribution in [3.05, 3.63) is 23.8 Å². The summed E-state index contributed by atoms with van der Waals surface area (Å²) in [6.45, 7) is 7.88. The highest BCUT2D eigenvalue weighted by Crippen LogP contribution is 2.62. The van der Waals surface area contributed by atoms with E-state index in [0.29, 0.717) is 25.7 Å². The Morgan fingerprint density at radius 2 is 2.00 bits per heavy atom. The third-order valence-corrected chi connectivity index (χ3v) is 6.93. The lowest BCUT2D eigenvalue weighted by Gasteiger charge is -2.58. The van der Waals surface area contributed by atoms with Crippen LogP contribution in [-0.2, 0) is 4.79 Å². The van der Waals surface area contributed by atoms with E-state index < -0.39 is 17.5 Å². The molecule has 2 fully saturated rings. The normalized spacial score (nSPS) is 39.2. The number of hydrogen-bond donors (Lipinski definition) is 4. The fourth-order valence-corrected chi connectivity index (χ4v) is 5.37. The van der Waals surface area contributed by atoms with Crippen LogP contribution in [-0.4, -0.2) is 45.7 Å². The number of aliphatic hydroxyl groups is 3. The van der Waals surface area contributed by atoms with E-state index in [-0.39, 0.29) is 30.5 Å². The molecule has 25 heavy (non-hydrogen) atoms. The molecule has 2 saturated carbocycles. The number of carboxylic acids is 1. The molecule has 0 aliphatic heterocycles. The molecular weight excluding hydrogens is 320 g/mol. The monoisotopic (exact) mass is 352 g/mol. The first-order valence-corrected chi connectivity index (χ1v) is 9.20.